The van der Waals surface area contributed by atoms with Crippen LogP contribution >= 0.6 is 12.2 Å². The fourth-order valence-electron chi connectivity index (χ4n) is 2.28. The monoisotopic (exact) mass is 299 g/mol. The molecule has 1 atom stereocenters. The molecule has 1 aliphatic rings. The molecule has 2 rings (SSSR count). The molecule has 0 radical (unpaired) electrons. The van der Waals surface area contributed by atoms with Crippen LogP contribution in [-0.4, -0.2) is 42.5 Å². The second kappa shape index (κ2) is 5.05. The van der Waals surface area contributed by atoms with E-state index >= 15 is 0 Å². The molecule has 0 bridgehead atoms. The zero-order chi connectivity index (χ0) is 14.2. The van der Waals surface area contributed by atoms with E-state index in [1.54, 1.807) is 0 Å². The summed E-state index contributed by atoms with van der Waals surface area (Å²) in [7, 11) is -2.93. The highest BCUT2D eigenvalue weighted by atomic mass is 32.2. The van der Waals surface area contributed by atoms with Crippen LogP contribution in [0.25, 0.3) is 0 Å². The van der Waals surface area contributed by atoms with E-state index in [1.165, 1.54) is 0 Å². The molecular formula is C12H17N3O2S2. The van der Waals surface area contributed by atoms with Crippen LogP contribution in [-0.2, 0) is 9.84 Å². The fraction of sp³-hybridized carbons (Fsp3) is 0.500. The summed E-state index contributed by atoms with van der Waals surface area (Å²) in [6, 6.07) is 3.56. The minimum atomic E-state index is -2.93. The van der Waals surface area contributed by atoms with Gasteiger partial charge in [-0.2, -0.15) is 0 Å². The Morgan fingerprint density at radius 3 is 2.79 bits per heavy atom. The lowest BCUT2D eigenvalue weighted by atomic mass is 10.2. The predicted molar refractivity (Wildman–Crippen MR) is 80.3 cm³/mol. The summed E-state index contributed by atoms with van der Waals surface area (Å²) in [5.41, 5.74) is 7.23. The minimum Gasteiger partial charge on any atom is -0.389 e. The van der Waals surface area contributed by atoms with Gasteiger partial charge in [0.25, 0.3) is 0 Å². The topological polar surface area (TPSA) is 76.3 Å². The zero-order valence-corrected chi connectivity index (χ0v) is 12.6. The van der Waals surface area contributed by atoms with Crippen LogP contribution in [0, 0.1) is 6.92 Å². The standard InChI is InChI=1S/C12H17N3O2S2/c1-8-5-10(12(13)18)6-11(14-8)15-3-4-19(16,17)7-9(15)2/h5-6,9H,3-4,7H2,1-2H3,(H2,13,18). The normalized spacial score (nSPS) is 22.2. The van der Waals surface area contributed by atoms with Crippen molar-refractivity contribution in [2.45, 2.75) is 19.9 Å². The highest BCUT2D eigenvalue weighted by Crippen LogP contribution is 2.21. The van der Waals surface area contributed by atoms with Gasteiger partial charge in [0.2, 0.25) is 0 Å². The average Bonchev–Trinajstić information content (AvgIpc) is 2.26. The van der Waals surface area contributed by atoms with Gasteiger partial charge in [0.15, 0.2) is 9.84 Å². The first-order valence-electron chi connectivity index (χ1n) is 6.04. The van der Waals surface area contributed by atoms with E-state index in [9.17, 15) is 8.42 Å². The highest BCUT2D eigenvalue weighted by molar-refractivity contribution is 7.91. The van der Waals surface area contributed by atoms with Crippen LogP contribution < -0.4 is 10.6 Å². The van der Waals surface area contributed by atoms with Gasteiger partial charge in [0.1, 0.15) is 10.8 Å². The van der Waals surface area contributed by atoms with E-state index in [2.05, 4.69) is 4.98 Å². The van der Waals surface area contributed by atoms with Crippen LogP contribution in [0.15, 0.2) is 12.1 Å². The van der Waals surface area contributed by atoms with Crippen molar-refractivity contribution < 1.29 is 8.42 Å². The van der Waals surface area contributed by atoms with E-state index in [1.807, 2.05) is 30.9 Å². The fourth-order valence-corrected chi connectivity index (χ4v) is 3.95. The van der Waals surface area contributed by atoms with Gasteiger partial charge in [-0.25, -0.2) is 13.4 Å². The van der Waals surface area contributed by atoms with Crippen molar-refractivity contribution in [2.75, 3.05) is 23.0 Å². The Morgan fingerprint density at radius 2 is 2.21 bits per heavy atom. The molecule has 104 valence electrons. The maximum absolute atomic E-state index is 11.6. The van der Waals surface area contributed by atoms with Gasteiger partial charge < -0.3 is 10.6 Å². The molecule has 0 saturated carbocycles. The largest absolute Gasteiger partial charge is 0.389 e. The lowest BCUT2D eigenvalue weighted by Crippen LogP contribution is -2.47. The number of anilines is 1. The van der Waals surface area contributed by atoms with Gasteiger partial charge in [0.05, 0.1) is 11.5 Å². The highest BCUT2D eigenvalue weighted by Gasteiger charge is 2.29. The van der Waals surface area contributed by atoms with Crippen LogP contribution in [0.3, 0.4) is 0 Å². The summed E-state index contributed by atoms with van der Waals surface area (Å²) < 4.78 is 23.2. The van der Waals surface area contributed by atoms with Crippen molar-refractivity contribution >= 4 is 32.9 Å². The molecule has 1 saturated heterocycles. The van der Waals surface area contributed by atoms with Crippen molar-refractivity contribution in [3.63, 3.8) is 0 Å². The number of rotatable bonds is 2. The molecule has 0 aromatic carbocycles. The second-order valence-corrected chi connectivity index (χ2v) is 7.54. The molecule has 19 heavy (non-hydrogen) atoms. The first-order chi connectivity index (χ1) is 8.78. The number of thiocarbonyl (C=S) groups is 1. The van der Waals surface area contributed by atoms with Crippen molar-refractivity contribution in [3.05, 3.63) is 23.4 Å². The van der Waals surface area contributed by atoms with Crippen LogP contribution in [0.2, 0.25) is 0 Å². The van der Waals surface area contributed by atoms with Crippen LogP contribution in [0.5, 0.6) is 0 Å². The molecule has 1 aromatic rings. The Kier molecular flexibility index (Phi) is 3.78. The molecule has 1 aromatic heterocycles. The van der Waals surface area contributed by atoms with Crippen LogP contribution in [0.4, 0.5) is 5.82 Å². The van der Waals surface area contributed by atoms with Gasteiger partial charge in [-0.05, 0) is 26.0 Å². The minimum absolute atomic E-state index is 0.0905. The Bertz CT molecular complexity index is 613. The Labute approximate surface area is 118 Å². The van der Waals surface area contributed by atoms with E-state index < -0.39 is 9.84 Å². The van der Waals surface area contributed by atoms with Crippen LogP contribution in [0.1, 0.15) is 18.2 Å². The molecule has 2 N–H and O–H groups in total. The summed E-state index contributed by atoms with van der Waals surface area (Å²) in [6.07, 6.45) is 0. The molecule has 0 aliphatic carbocycles. The first-order valence-corrected chi connectivity index (χ1v) is 8.27. The maximum Gasteiger partial charge on any atom is 0.154 e. The third-order valence-corrected chi connectivity index (χ3v) is 5.22. The maximum atomic E-state index is 11.6. The summed E-state index contributed by atoms with van der Waals surface area (Å²) in [5.74, 6) is 1.06. The Balaban J connectivity index is 2.34. The van der Waals surface area contributed by atoms with Gasteiger partial charge in [0, 0.05) is 23.8 Å². The Morgan fingerprint density at radius 1 is 1.53 bits per heavy atom. The number of sulfone groups is 1. The van der Waals surface area contributed by atoms with E-state index in [4.69, 9.17) is 18.0 Å². The zero-order valence-electron chi connectivity index (χ0n) is 11.0. The quantitative estimate of drug-likeness (QED) is 0.808. The van der Waals surface area contributed by atoms with E-state index in [-0.39, 0.29) is 17.5 Å². The number of hydrogen-bond acceptors (Lipinski definition) is 5. The smallest absolute Gasteiger partial charge is 0.154 e. The summed E-state index contributed by atoms with van der Waals surface area (Å²) >= 11 is 4.98. The Hall–Kier alpha value is -1.21. The molecule has 5 nitrogen and oxygen atoms in total. The van der Waals surface area contributed by atoms with Crippen molar-refractivity contribution in [1.82, 2.24) is 4.98 Å². The molecule has 0 spiro atoms. The molecule has 7 heteroatoms. The third kappa shape index (κ3) is 3.22. The summed E-state index contributed by atoms with van der Waals surface area (Å²) in [5, 5.41) is 0. The molecule has 1 unspecified atom stereocenters. The van der Waals surface area contributed by atoms with E-state index in [0.717, 1.165) is 17.1 Å². The molecule has 1 fully saturated rings. The SMILES string of the molecule is Cc1cc(C(N)=S)cc(N2CCS(=O)(=O)CC2C)n1. The van der Waals surface area contributed by atoms with Gasteiger partial charge in [-0.3, -0.25) is 0 Å². The molecular weight excluding hydrogens is 282 g/mol. The molecule has 0 amide bonds. The number of pyridine rings is 1. The van der Waals surface area contributed by atoms with Gasteiger partial charge in [-0.15, -0.1) is 0 Å². The first kappa shape index (κ1) is 14.2. The van der Waals surface area contributed by atoms with E-state index in [0.29, 0.717) is 11.5 Å². The number of nitrogens with two attached hydrogens (primary N) is 1. The van der Waals surface area contributed by atoms with Crippen molar-refractivity contribution in [1.29, 1.82) is 0 Å². The second-order valence-electron chi connectivity index (χ2n) is 4.88. The average molecular weight is 299 g/mol. The number of hydrogen-bond donors (Lipinski definition) is 1. The molecule has 2 heterocycles. The number of aromatic nitrogens is 1. The van der Waals surface area contributed by atoms with Crippen molar-refractivity contribution in [2.24, 2.45) is 5.73 Å². The number of aryl methyl sites for hydroxylation is 1. The summed E-state index contributed by atoms with van der Waals surface area (Å²) in [6.45, 7) is 4.22. The third-order valence-electron chi connectivity index (χ3n) is 3.19. The van der Waals surface area contributed by atoms with Gasteiger partial charge >= 0.3 is 0 Å². The predicted octanol–water partition coefficient (Wildman–Crippen LogP) is 0.648. The van der Waals surface area contributed by atoms with Gasteiger partial charge in [-0.1, -0.05) is 12.2 Å². The number of nitrogens with zero attached hydrogens (tertiary/aromatic N) is 2. The lowest BCUT2D eigenvalue weighted by molar-refractivity contribution is 0.566. The van der Waals surface area contributed by atoms with Crippen molar-refractivity contribution in [3.8, 4) is 0 Å². The lowest BCUT2D eigenvalue weighted by Gasteiger charge is -2.34. The summed E-state index contributed by atoms with van der Waals surface area (Å²) in [4.78, 5) is 6.77. The molecule has 1 aliphatic heterocycles.